The van der Waals surface area contributed by atoms with Gasteiger partial charge in [0.1, 0.15) is 6.61 Å². The maximum absolute atomic E-state index is 11.7. The normalized spacial score (nSPS) is 10.9. The van der Waals surface area contributed by atoms with Gasteiger partial charge in [-0.05, 0) is 32.9 Å². The van der Waals surface area contributed by atoms with Gasteiger partial charge in [-0.15, -0.1) is 0 Å². The van der Waals surface area contributed by atoms with Crippen LogP contribution in [0.1, 0.15) is 36.7 Å². The average molecular weight is 217 g/mol. The van der Waals surface area contributed by atoms with Crippen molar-refractivity contribution in [1.29, 1.82) is 5.26 Å². The van der Waals surface area contributed by atoms with Crippen LogP contribution in [0.4, 0.5) is 0 Å². The maximum Gasteiger partial charge on any atom is 0.188 e. The second-order valence-electron chi connectivity index (χ2n) is 4.51. The number of Topliss-reactive ketones (excluding diaryl/α,β-unsaturated/α-hetero) is 1. The Morgan fingerprint density at radius 3 is 2.31 bits per heavy atom. The molecule has 16 heavy (non-hydrogen) atoms. The molecule has 0 aliphatic heterocycles. The molecule has 0 saturated carbocycles. The number of nitriles is 1. The minimum atomic E-state index is -0.317. The van der Waals surface area contributed by atoms with Crippen molar-refractivity contribution in [3.05, 3.63) is 35.4 Å². The topological polar surface area (TPSA) is 50.1 Å². The average Bonchev–Trinajstić information content (AvgIpc) is 2.25. The predicted molar refractivity (Wildman–Crippen MR) is 61.2 cm³/mol. The molecule has 1 rings (SSSR count). The first-order chi connectivity index (χ1) is 7.42. The molecule has 0 N–H and O–H groups in total. The number of hydrogen-bond acceptors (Lipinski definition) is 3. The van der Waals surface area contributed by atoms with E-state index in [0.717, 1.165) is 0 Å². The minimum absolute atomic E-state index is 0.0649. The number of benzene rings is 1. The Labute approximate surface area is 95.7 Å². The van der Waals surface area contributed by atoms with Gasteiger partial charge in [0.2, 0.25) is 0 Å². The lowest BCUT2D eigenvalue weighted by atomic mass is 10.1. The van der Waals surface area contributed by atoms with Crippen LogP contribution in [0, 0.1) is 11.3 Å². The van der Waals surface area contributed by atoms with Gasteiger partial charge in [0.15, 0.2) is 5.78 Å². The fraction of sp³-hybridized carbons (Fsp3) is 0.385. The van der Waals surface area contributed by atoms with Crippen molar-refractivity contribution in [2.75, 3.05) is 6.61 Å². The van der Waals surface area contributed by atoms with E-state index in [1.54, 1.807) is 24.3 Å². The first-order valence-corrected chi connectivity index (χ1v) is 5.10. The van der Waals surface area contributed by atoms with Gasteiger partial charge in [-0.1, -0.05) is 12.1 Å². The molecule has 0 spiro atoms. The van der Waals surface area contributed by atoms with E-state index in [-0.39, 0.29) is 18.0 Å². The Morgan fingerprint density at radius 2 is 1.88 bits per heavy atom. The summed E-state index contributed by atoms with van der Waals surface area (Å²) in [6.45, 7) is 5.77. The molecule has 1 aromatic carbocycles. The molecule has 0 radical (unpaired) electrons. The van der Waals surface area contributed by atoms with Crippen LogP contribution in [0.5, 0.6) is 0 Å². The van der Waals surface area contributed by atoms with Crippen LogP contribution in [0.3, 0.4) is 0 Å². The Bertz CT molecular complexity index is 407. The quantitative estimate of drug-likeness (QED) is 0.731. The molecule has 0 saturated heterocycles. The highest BCUT2D eigenvalue weighted by Crippen LogP contribution is 2.09. The summed E-state index contributed by atoms with van der Waals surface area (Å²) in [5.74, 6) is -0.0700. The third kappa shape index (κ3) is 3.84. The van der Waals surface area contributed by atoms with Gasteiger partial charge in [0.05, 0.1) is 17.2 Å². The zero-order valence-corrected chi connectivity index (χ0v) is 9.78. The Hall–Kier alpha value is -1.66. The van der Waals surface area contributed by atoms with Gasteiger partial charge in [0.25, 0.3) is 0 Å². The van der Waals surface area contributed by atoms with Crippen LogP contribution in [0.15, 0.2) is 24.3 Å². The fourth-order valence-electron chi connectivity index (χ4n) is 1.10. The summed E-state index contributed by atoms with van der Waals surface area (Å²) < 4.78 is 5.39. The highest BCUT2D eigenvalue weighted by atomic mass is 16.5. The number of carbonyl (C=O) groups is 1. The minimum Gasteiger partial charge on any atom is -0.368 e. The molecule has 3 heteroatoms. The maximum atomic E-state index is 11.7. The van der Waals surface area contributed by atoms with Crippen molar-refractivity contribution in [3.8, 4) is 6.07 Å². The van der Waals surface area contributed by atoms with Gasteiger partial charge in [-0.25, -0.2) is 0 Å². The van der Waals surface area contributed by atoms with Crippen molar-refractivity contribution in [1.82, 2.24) is 0 Å². The van der Waals surface area contributed by atoms with E-state index in [0.29, 0.717) is 11.1 Å². The zero-order valence-electron chi connectivity index (χ0n) is 9.78. The summed E-state index contributed by atoms with van der Waals surface area (Å²) in [5.41, 5.74) is 0.805. The molecule has 0 aliphatic carbocycles. The third-order valence-corrected chi connectivity index (χ3v) is 1.97. The zero-order chi connectivity index (χ0) is 12.2. The molecule has 1 aromatic rings. The first kappa shape index (κ1) is 12.4. The molecule has 0 unspecified atom stereocenters. The van der Waals surface area contributed by atoms with Gasteiger partial charge in [-0.3, -0.25) is 4.79 Å². The van der Waals surface area contributed by atoms with Crippen LogP contribution in [-0.2, 0) is 4.74 Å². The number of rotatable bonds is 3. The Morgan fingerprint density at radius 1 is 1.31 bits per heavy atom. The highest BCUT2D eigenvalue weighted by Gasteiger charge is 2.13. The lowest BCUT2D eigenvalue weighted by Crippen LogP contribution is -2.23. The van der Waals surface area contributed by atoms with Crippen molar-refractivity contribution in [2.45, 2.75) is 26.4 Å². The molecule has 0 aliphatic rings. The Kier molecular flexibility index (Phi) is 3.81. The van der Waals surface area contributed by atoms with Gasteiger partial charge >= 0.3 is 0 Å². The van der Waals surface area contributed by atoms with E-state index in [1.165, 1.54) is 0 Å². The number of hydrogen-bond donors (Lipinski definition) is 0. The molecular formula is C13H15NO2. The summed E-state index contributed by atoms with van der Waals surface area (Å²) in [7, 11) is 0. The number of ketones is 1. The molecule has 84 valence electrons. The van der Waals surface area contributed by atoms with Crippen LogP contribution < -0.4 is 0 Å². The fourth-order valence-corrected chi connectivity index (χ4v) is 1.10. The second kappa shape index (κ2) is 4.91. The molecule has 0 heterocycles. The lowest BCUT2D eigenvalue weighted by Gasteiger charge is -2.18. The van der Waals surface area contributed by atoms with E-state index in [2.05, 4.69) is 0 Å². The second-order valence-corrected chi connectivity index (χ2v) is 4.51. The smallest absolute Gasteiger partial charge is 0.188 e. The van der Waals surface area contributed by atoms with Crippen LogP contribution >= 0.6 is 0 Å². The van der Waals surface area contributed by atoms with Crippen LogP contribution in [0.2, 0.25) is 0 Å². The lowest BCUT2D eigenvalue weighted by molar-refractivity contribution is 0.00306. The van der Waals surface area contributed by atoms with E-state index < -0.39 is 0 Å². The summed E-state index contributed by atoms with van der Waals surface area (Å²) in [4.78, 5) is 11.7. The van der Waals surface area contributed by atoms with E-state index in [1.807, 2.05) is 26.8 Å². The summed E-state index contributed by atoms with van der Waals surface area (Å²) in [5, 5.41) is 8.62. The Balaban J connectivity index is 2.64. The highest BCUT2D eigenvalue weighted by molar-refractivity contribution is 5.97. The summed E-state index contributed by atoms with van der Waals surface area (Å²) in [6, 6.07) is 8.56. The summed E-state index contributed by atoms with van der Waals surface area (Å²) in [6.07, 6.45) is 0. The van der Waals surface area contributed by atoms with E-state index >= 15 is 0 Å². The standard InChI is InChI=1S/C13H15NO2/c1-13(2,3)16-9-12(15)11-6-4-10(8-14)5-7-11/h4-7H,9H2,1-3H3. The van der Waals surface area contributed by atoms with Gasteiger partial charge < -0.3 is 4.74 Å². The molecule has 0 aromatic heterocycles. The van der Waals surface area contributed by atoms with Crippen molar-refractivity contribution in [3.63, 3.8) is 0 Å². The van der Waals surface area contributed by atoms with Gasteiger partial charge in [-0.2, -0.15) is 5.26 Å². The van der Waals surface area contributed by atoms with Crippen molar-refractivity contribution < 1.29 is 9.53 Å². The van der Waals surface area contributed by atoms with Crippen molar-refractivity contribution in [2.24, 2.45) is 0 Å². The molecule has 0 bridgehead atoms. The predicted octanol–water partition coefficient (Wildman–Crippen LogP) is 2.56. The molecule has 3 nitrogen and oxygen atoms in total. The summed E-state index contributed by atoms with van der Waals surface area (Å²) >= 11 is 0. The third-order valence-electron chi connectivity index (χ3n) is 1.97. The molecular weight excluding hydrogens is 202 g/mol. The van der Waals surface area contributed by atoms with Gasteiger partial charge in [0, 0.05) is 5.56 Å². The largest absolute Gasteiger partial charge is 0.368 e. The van der Waals surface area contributed by atoms with E-state index in [9.17, 15) is 4.79 Å². The number of ether oxygens (including phenoxy) is 1. The van der Waals surface area contributed by atoms with Crippen molar-refractivity contribution >= 4 is 5.78 Å². The molecule has 0 amide bonds. The molecule has 0 atom stereocenters. The molecule has 0 fully saturated rings. The number of carbonyl (C=O) groups excluding carboxylic acids is 1. The van der Waals surface area contributed by atoms with Crippen LogP contribution in [-0.4, -0.2) is 18.0 Å². The van der Waals surface area contributed by atoms with Crippen LogP contribution in [0.25, 0.3) is 0 Å². The SMILES string of the molecule is CC(C)(C)OCC(=O)c1ccc(C#N)cc1. The first-order valence-electron chi connectivity index (χ1n) is 5.10. The monoisotopic (exact) mass is 217 g/mol. The number of nitrogens with zero attached hydrogens (tertiary/aromatic N) is 1. The van der Waals surface area contributed by atoms with E-state index in [4.69, 9.17) is 10.00 Å².